The van der Waals surface area contributed by atoms with Crippen LogP contribution in [0.5, 0.6) is 0 Å². The molecule has 1 N–H and O–H groups in total. The summed E-state index contributed by atoms with van der Waals surface area (Å²) in [5.74, 6) is 0.886. The van der Waals surface area contributed by atoms with E-state index in [0.29, 0.717) is 6.42 Å². The molecule has 5 nitrogen and oxygen atoms in total. The van der Waals surface area contributed by atoms with Gasteiger partial charge < -0.3 is 10.2 Å². The number of hydrogen-bond donors (Lipinski definition) is 1. The second-order valence-electron chi connectivity index (χ2n) is 6.47. The van der Waals surface area contributed by atoms with E-state index in [9.17, 15) is 4.79 Å². The van der Waals surface area contributed by atoms with Gasteiger partial charge in [0.1, 0.15) is 11.9 Å². The Balaban J connectivity index is 1.68. The summed E-state index contributed by atoms with van der Waals surface area (Å²) >= 11 is 7.30. The topological polar surface area (TPSA) is 58.1 Å². The second kappa shape index (κ2) is 8.15. The summed E-state index contributed by atoms with van der Waals surface area (Å²) in [6, 6.07) is 7.79. The molecule has 1 aromatic carbocycles. The van der Waals surface area contributed by atoms with Crippen LogP contribution < -0.4 is 10.2 Å². The number of hydrogen-bond acceptors (Lipinski definition) is 5. The molecule has 0 bridgehead atoms. The number of rotatable bonds is 6. The first-order valence-electron chi connectivity index (χ1n) is 8.71. The summed E-state index contributed by atoms with van der Waals surface area (Å²) in [6.07, 6.45) is 3.48. The van der Waals surface area contributed by atoms with E-state index < -0.39 is 0 Å². The van der Waals surface area contributed by atoms with Crippen LogP contribution in [-0.2, 0) is 11.2 Å². The molecule has 7 heteroatoms. The molecule has 0 aliphatic carbocycles. The van der Waals surface area contributed by atoms with Gasteiger partial charge in [-0.1, -0.05) is 30.7 Å². The first-order chi connectivity index (χ1) is 12.1. The van der Waals surface area contributed by atoms with Crippen LogP contribution >= 0.6 is 23.1 Å². The van der Waals surface area contributed by atoms with Crippen molar-refractivity contribution in [3.05, 3.63) is 40.7 Å². The number of carbonyl (C=O) groups is 1. The molecule has 1 fully saturated rings. The predicted molar refractivity (Wildman–Crippen MR) is 102 cm³/mol. The van der Waals surface area contributed by atoms with E-state index in [-0.39, 0.29) is 18.0 Å². The molecule has 0 saturated carbocycles. The maximum atomic E-state index is 12.5. The van der Waals surface area contributed by atoms with E-state index in [2.05, 4.69) is 26.5 Å². The average Bonchev–Trinajstić information content (AvgIpc) is 3.25. The lowest BCUT2D eigenvalue weighted by atomic mass is 10.1. The van der Waals surface area contributed by atoms with Crippen LogP contribution in [-0.4, -0.2) is 33.9 Å². The first-order valence-corrected chi connectivity index (χ1v) is 9.86. The molecule has 2 atom stereocenters. The van der Waals surface area contributed by atoms with Gasteiger partial charge in [0.2, 0.25) is 11.0 Å². The highest BCUT2D eigenvalue weighted by Gasteiger charge is 2.33. The average molecular weight is 379 g/mol. The standard InChI is InChI=1S/C18H23ClN4OS/c1-3-12(2)20-17(24)15-5-4-10-23(15)18-21-16(22-25-18)11-13-6-8-14(19)9-7-13/h6-9,12,15H,3-5,10-11H2,1-2H3,(H,20,24)/t12-,15-/m0/s1. The van der Waals surface area contributed by atoms with Gasteiger partial charge in [0.25, 0.3) is 0 Å². The number of benzene rings is 1. The molecule has 1 aromatic heterocycles. The van der Waals surface area contributed by atoms with Crippen molar-refractivity contribution < 1.29 is 4.79 Å². The number of anilines is 1. The minimum atomic E-state index is -0.134. The molecule has 1 saturated heterocycles. The number of amides is 1. The summed E-state index contributed by atoms with van der Waals surface area (Å²) in [4.78, 5) is 19.3. The molecule has 0 radical (unpaired) electrons. The van der Waals surface area contributed by atoms with E-state index in [1.807, 2.05) is 31.2 Å². The highest BCUT2D eigenvalue weighted by atomic mass is 35.5. The molecule has 134 valence electrons. The summed E-state index contributed by atoms with van der Waals surface area (Å²) in [6.45, 7) is 4.96. The summed E-state index contributed by atoms with van der Waals surface area (Å²) in [5.41, 5.74) is 1.13. The first kappa shape index (κ1) is 18.1. The Morgan fingerprint density at radius 3 is 2.92 bits per heavy atom. The van der Waals surface area contributed by atoms with Gasteiger partial charge in [-0.05, 0) is 43.9 Å². The Bertz CT molecular complexity index is 718. The highest BCUT2D eigenvalue weighted by Crippen LogP contribution is 2.28. The third-order valence-corrected chi connectivity index (χ3v) is 5.58. The van der Waals surface area contributed by atoms with Crippen molar-refractivity contribution in [2.45, 2.75) is 51.6 Å². The third-order valence-electron chi connectivity index (χ3n) is 4.54. The van der Waals surface area contributed by atoms with E-state index in [4.69, 9.17) is 11.6 Å². The largest absolute Gasteiger partial charge is 0.352 e. The summed E-state index contributed by atoms with van der Waals surface area (Å²) in [7, 11) is 0. The molecular formula is C18H23ClN4OS. The van der Waals surface area contributed by atoms with Gasteiger partial charge in [-0.15, -0.1) is 0 Å². The van der Waals surface area contributed by atoms with Crippen LogP contribution in [0.25, 0.3) is 0 Å². The zero-order chi connectivity index (χ0) is 17.8. The summed E-state index contributed by atoms with van der Waals surface area (Å²) in [5, 5.41) is 4.65. The Morgan fingerprint density at radius 1 is 1.44 bits per heavy atom. The van der Waals surface area contributed by atoms with Gasteiger partial charge in [-0.25, -0.2) is 4.98 Å². The van der Waals surface area contributed by atoms with Crippen LogP contribution in [0, 0.1) is 0 Å². The molecular weight excluding hydrogens is 356 g/mol. The van der Waals surface area contributed by atoms with E-state index in [0.717, 1.165) is 47.3 Å². The van der Waals surface area contributed by atoms with Crippen molar-refractivity contribution in [2.75, 3.05) is 11.4 Å². The normalized spacial score (nSPS) is 18.4. The lowest BCUT2D eigenvalue weighted by molar-refractivity contribution is -0.122. The lowest BCUT2D eigenvalue weighted by Gasteiger charge is -2.24. The number of nitrogens with zero attached hydrogens (tertiary/aromatic N) is 3. The summed E-state index contributed by atoms with van der Waals surface area (Å²) < 4.78 is 4.47. The minimum Gasteiger partial charge on any atom is -0.352 e. The zero-order valence-electron chi connectivity index (χ0n) is 14.5. The molecule has 0 spiro atoms. The Kier molecular flexibility index (Phi) is 5.91. The maximum absolute atomic E-state index is 12.5. The van der Waals surface area contributed by atoms with Crippen molar-refractivity contribution in [1.82, 2.24) is 14.7 Å². The van der Waals surface area contributed by atoms with E-state index in [1.54, 1.807) is 0 Å². The number of nitrogens with one attached hydrogen (secondary N) is 1. The van der Waals surface area contributed by atoms with Gasteiger partial charge in [-0.3, -0.25) is 4.79 Å². The van der Waals surface area contributed by atoms with Crippen LogP contribution in [0.4, 0.5) is 5.13 Å². The third kappa shape index (κ3) is 4.50. The van der Waals surface area contributed by atoms with Gasteiger partial charge >= 0.3 is 0 Å². The van der Waals surface area contributed by atoms with Gasteiger partial charge in [0.15, 0.2) is 0 Å². The van der Waals surface area contributed by atoms with Crippen LogP contribution in [0.1, 0.15) is 44.5 Å². The Labute approximate surface area is 157 Å². The molecule has 2 heterocycles. The Morgan fingerprint density at radius 2 is 2.20 bits per heavy atom. The van der Waals surface area contributed by atoms with Gasteiger partial charge in [0.05, 0.1) is 0 Å². The molecule has 2 aromatic rings. The van der Waals surface area contributed by atoms with E-state index in [1.165, 1.54) is 11.5 Å². The lowest BCUT2D eigenvalue weighted by Crippen LogP contribution is -2.46. The number of carbonyl (C=O) groups excluding carboxylic acids is 1. The second-order valence-corrected chi connectivity index (χ2v) is 7.63. The monoisotopic (exact) mass is 378 g/mol. The minimum absolute atomic E-state index is 0.0984. The van der Waals surface area contributed by atoms with Crippen LogP contribution in [0.3, 0.4) is 0 Å². The fraction of sp³-hybridized carbons (Fsp3) is 0.500. The van der Waals surface area contributed by atoms with Crippen molar-refractivity contribution >= 4 is 34.2 Å². The van der Waals surface area contributed by atoms with Crippen molar-refractivity contribution in [2.24, 2.45) is 0 Å². The van der Waals surface area contributed by atoms with Crippen LogP contribution in [0.2, 0.25) is 5.02 Å². The Hall–Kier alpha value is -1.66. The maximum Gasteiger partial charge on any atom is 0.242 e. The van der Waals surface area contributed by atoms with Crippen LogP contribution in [0.15, 0.2) is 24.3 Å². The zero-order valence-corrected chi connectivity index (χ0v) is 16.1. The van der Waals surface area contributed by atoms with Crippen molar-refractivity contribution in [3.63, 3.8) is 0 Å². The molecule has 0 unspecified atom stereocenters. The highest BCUT2D eigenvalue weighted by molar-refractivity contribution is 7.09. The quantitative estimate of drug-likeness (QED) is 0.833. The molecule has 25 heavy (non-hydrogen) atoms. The van der Waals surface area contributed by atoms with E-state index >= 15 is 0 Å². The number of halogens is 1. The van der Waals surface area contributed by atoms with Gasteiger partial charge in [-0.2, -0.15) is 4.37 Å². The fourth-order valence-electron chi connectivity index (χ4n) is 2.93. The molecule has 3 rings (SSSR count). The SMILES string of the molecule is CC[C@H](C)NC(=O)[C@@H]1CCCN1c1nc(Cc2ccc(Cl)cc2)ns1. The van der Waals surface area contributed by atoms with Gasteiger partial charge in [0, 0.05) is 35.6 Å². The van der Waals surface area contributed by atoms with Crippen molar-refractivity contribution in [1.29, 1.82) is 0 Å². The molecule has 1 aliphatic heterocycles. The molecule has 1 amide bonds. The molecule has 1 aliphatic rings. The smallest absolute Gasteiger partial charge is 0.242 e. The van der Waals surface area contributed by atoms with Crippen molar-refractivity contribution in [3.8, 4) is 0 Å². The number of aromatic nitrogens is 2. The fourth-order valence-corrected chi connectivity index (χ4v) is 3.82. The predicted octanol–water partition coefficient (Wildman–Crippen LogP) is 3.67.